The van der Waals surface area contributed by atoms with Gasteiger partial charge in [0.15, 0.2) is 0 Å². The first-order chi connectivity index (χ1) is 30.2. The number of ether oxygens (including phenoxy) is 11. The summed E-state index contributed by atoms with van der Waals surface area (Å²) in [7, 11) is 0. The summed E-state index contributed by atoms with van der Waals surface area (Å²) in [4.78, 5) is 24.0. The molecule has 356 valence electrons. The molecule has 0 bridgehead atoms. The van der Waals surface area contributed by atoms with Crippen LogP contribution >= 0.6 is 0 Å². The van der Waals surface area contributed by atoms with Crippen LogP contribution in [0.4, 0.5) is 5.69 Å². The summed E-state index contributed by atoms with van der Waals surface area (Å²) in [5.41, 5.74) is 1.51. The number of carbonyl (C=O) groups is 2. The molecule has 14 heteroatoms. The molecule has 0 aliphatic heterocycles. The van der Waals surface area contributed by atoms with E-state index in [1.54, 1.807) is 12.1 Å². The minimum absolute atomic E-state index is 0.136. The molecule has 0 aliphatic rings. The maximum atomic E-state index is 12.2. The zero-order valence-electron chi connectivity index (χ0n) is 38.3. The number of benzene rings is 1. The van der Waals surface area contributed by atoms with Gasteiger partial charge in [0.25, 0.3) is 0 Å². The Morgan fingerprint density at radius 1 is 0.377 bits per heavy atom. The lowest BCUT2D eigenvalue weighted by Gasteiger charge is -2.09. The fourth-order valence-corrected chi connectivity index (χ4v) is 5.85. The number of anilines is 1. The highest BCUT2D eigenvalue weighted by molar-refractivity contribution is 5.89. The van der Waals surface area contributed by atoms with Crippen LogP contribution in [0.5, 0.6) is 0 Å². The van der Waals surface area contributed by atoms with Crippen LogP contribution in [-0.4, -0.2) is 151 Å². The molecule has 1 aromatic carbocycles. The van der Waals surface area contributed by atoms with Crippen molar-refractivity contribution in [2.45, 2.75) is 117 Å². The number of hydrogen-bond donors (Lipinski definition) is 1. The molecule has 0 heterocycles. The Morgan fingerprint density at radius 2 is 0.689 bits per heavy atom. The van der Waals surface area contributed by atoms with Crippen molar-refractivity contribution < 1.29 is 61.7 Å². The molecule has 0 atom stereocenters. The van der Waals surface area contributed by atoms with E-state index < -0.39 is 0 Å². The molecule has 1 rings (SSSR count). The summed E-state index contributed by atoms with van der Waals surface area (Å²) in [6, 6.07) is 7.29. The molecule has 0 radical (unpaired) electrons. The molecule has 0 saturated carbocycles. The molecule has 61 heavy (non-hydrogen) atoms. The van der Waals surface area contributed by atoms with Gasteiger partial charge in [0.2, 0.25) is 0 Å². The monoisotopic (exact) mass is 872 g/mol. The Labute approximate surface area is 369 Å². The van der Waals surface area contributed by atoms with Gasteiger partial charge >= 0.3 is 11.9 Å². The van der Waals surface area contributed by atoms with Gasteiger partial charge in [0.1, 0.15) is 13.2 Å². The fourth-order valence-electron chi connectivity index (χ4n) is 5.85. The van der Waals surface area contributed by atoms with Crippen LogP contribution in [0.2, 0.25) is 0 Å². The summed E-state index contributed by atoms with van der Waals surface area (Å²) in [5, 5.41) is 3.32. The van der Waals surface area contributed by atoms with E-state index >= 15 is 0 Å². The molecular formula is C47H85NO13. The molecule has 0 spiro atoms. The predicted molar refractivity (Wildman–Crippen MR) is 239 cm³/mol. The van der Waals surface area contributed by atoms with E-state index in [0.717, 1.165) is 37.9 Å². The summed E-state index contributed by atoms with van der Waals surface area (Å²) in [6.45, 7) is 14.0. The number of rotatable bonds is 49. The van der Waals surface area contributed by atoms with Crippen molar-refractivity contribution in [3.8, 4) is 0 Å². The van der Waals surface area contributed by atoms with Crippen LogP contribution in [0.3, 0.4) is 0 Å². The average molecular weight is 872 g/mol. The minimum atomic E-state index is -0.363. The normalized spacial score (nSPS) is 11.3. The van der Waals surface area contributed by atoms with Crippen LogP contribution < -0.4 is 5.32 Å². The smallest absolute Gasteiger partial charge is 0.338 e. The van der Waals surface area contributed by atoms with Gasteiger partial charge in [-0.3, -0.25) is 4.79 Å². The molecule has 0 unspecified atom stereocenters. The number of esters is 2. The lowest BCUT2D eigenvalue weighted by atomic mass is 10.0. The Morgan fingerprint density at radius 3 is 1.05 bits per heavy atom. The number of hydrogen-bond acceptors (Lipinski definition) is 14. The average Bonchev–Trinajstić information content (AvgIpc) is 3.27. The highest BCUT2D eigenvalue weighted by Gasteiger charge is 2.07. The maximum Gasteiger partial charge on any atom is 0.338 e. The Balaban J connectivity index is 1.68. The van der Waals surface area contributed by atoms with E-state index in [1.165, 1.54) is 70.6 Å². The van der Waals surface area contributed by atoms with Crippen LogP contribution in [0.25, 0.3) is 0 Å². The van der Waals surface area contributed by atoms with Crippen molar-refractivity contribution in [2.24, 2.45) is 0 Å². The predicted octanol–water partition coefficient (Wildman–Crippen LogP) is 8.23. The molecular weight excluding hydrogens is 787 g/mol. The van der Waals surface area contributed by atoms with E-state index in [1.807, 2.05) is 12.1 Å². The zero-order valence-corrected chi connectivity index (χ0v) is 38.3. The third-order valence-electron chi connectivity index (χ3n) is 9.39. The third kappa shape index (κ3) is 41.4. The number of unbranched alkanes of at least 4 members (excludes halogenated alkanes) is 13. The van der Waals surface area contributed by atoms with Crippen LogP contribution in [0.1, 0.15) is 127 Å². The van der Waals surface area contributed by atoms with Gasteiger partial charge in [-0.2, -0.15) is 0 Å². The Bertz CT molecular complexity index is 1070. The van der Waals surface area contributed by atoms with E-state index in [9.17, 15) is 9.59 Å². The third-order valence-corrected chi connectivity index (χ3v) is 9.39. The molecule has 1 aromatic rings. The van der Waals surface area contributed by atoms with Crippen molar-refractivity contribution in [3.63, 3.8) is 0 Å². The zero-order chi connectivity index (χ0) is 43.8. The summed E-state index contributed by atoms with van der Waals surface area (Å²) in [5.74, 6) is -0.499. The lowest BCUT2D eigenvalue weighted by Crippen LogP contribution is -2.16. The van der Waals surface area contributed by atoms with Crippen molar-refractivity contribution in [2.75, 3.05) is 144 Å². The van der Waals surface area contributed by atoms with Crippen LogP contribution in [-0.2, 0) is 56.9 Å². The molecule has 0 saturated heterocycles. The van der Waals surface area contributed by atoms with Gasteiger partial charge in [-0.05, 0) is 37.1 Å². The van der Waals surface area contributed by atoms with E-state index in [2.05, 4.69) is 19.2 Å². The summed E-state index contributed by atoms with van der Waals surface area (Å²) >= 11 is 0. The number of carbonyl (C=O) groups excluding carboxylic acids is 2. The molecule has 0 fully saturated rings. The first-order valence-corrected chi connectivity index (χ1v) is 23.5. The summed E-state index contributed by atoms with van der Waals surface area (Å²) in [6.07, 6.45) is 19.5. The van der Waals surface area contributed by atoms with Gasteiger partial charge in [0.05, 0.1) is 124 Å². The number of nitrogens with one attached hydrogen (secondary N) is 1. The van der Waals surface area contributed by atoms with Crippen LogP contribution in [0, 0.1) is 0 Å². The van der Waals surface area contributed by atoms with Gasteiger partial charge in [0, 0.05) is 18.7 Å². The molecule has 14 nitrogen and oxygen atoms in total. The molecule has 1 N–H and O–H groups in total. The van der Waals surface area contributed by atoms with Crippen molar-refractivity contribution in [3.05, 3.63) is 29.8 Å². The second-order valence-electron chi connectivity index (χ2n) is 14.7. The summed E-state index contributed by atoms with van der Waals surface area (Å²) < 4.78 is 60.0. The van der Waals surface area contributed by atoms with Gasteiger partial charge in [-0.15, -0.1) is 0 Å². The minimum Gasteiger partial charge on any atom is -0.463 e. The highest BCUT2D eigenvalue weighted by atomic mass is 16.6. The first-order valence-electron chi connectivity index (χ1n) is 23.5. The lowest BCUT2D eigenvalue weighted by molar-refractivity contribution is -0.145. The van der Waals surface area contributed by atoms with Gasteiger partial charge in [-0.25, -0.2) is 4.79 Å². The maximum absolute atomic E-state index is 12.2. The Kier molecular flexibility index (Phi) is 43.7. The second kappa shape index (κ2) is 47.1. The first kappa shape index (κ1) is 56.6. The van der Waals surface area contributed by atoms with Gasteiger partial charge in [-0.1, -0.05) is 97.3 Å². The van der Waals surface area contributed by atoms with E-state index in [-0.39, 0.29) is 25.2 Å². The standard InChI is InChI=1S/C47H85NO13/c1-3-5-7-8-9-10-11-12-13-14-15-16-17-18-46(49)60-42-40-58-38-36-56-34-32-54-30-28-52-26-24-51-25-27-53-29-31-55-33-35-57-37-39-59-41-43-61-47(50)44-19-21-45(22-20-44)48-23-6-4-2/h19-22,48H,3-18,23-43H2,1-2H3. The van der Waals surface area contributed by atoms with Gasteiger partial charge < -0.3 is 57.4 Å². The van der Waals surface area contributed by atoms with Crippen molar-refractivity contribution in [1.82, 2.24) is 0 Å². The largest absolute Gasteiger partial charge is 0.463 e. The molecule has 0 amide bonds. The SMILES string of the molecule is CCCCCCCCCCCCCCCC(=O)OCCOCCOCCOCCOCCOCCOCCOCCOCCOCCOC(=O)c1ccc(NCCCC)cc1. The van der Waals surface area contributed by atoms with E-state index in [4.69, 9.17) is 52.1 Å². The quantitative estimate of drug-likeness (QED) is 0.0495. The fraction of sp³-hybridized carbons (Fsp3) is 0.830. The second-order valence-corrected chi connectivity index (χ2v) is 14.7. The van der Waals surface area contributed by atoms with Crippen molar-refractivity contribution >= 4 is 17.6 Å². The molecule has 0 aliphatic carbocycles. The van der Waals surface area contributed by atoms with Crippen molar-refractivity contribution in [1.29, 1.82) is 0 Å². The van der Waals surface area contributed by atoms with Crippen LogP contribution in [0.15, 0.2) is 24.3 Å². The Hall–Kier alpha value is -2.40. The highest BCUT2D eigenvalue weighted by Crippen LogP contribution is 2.13. The molecule has 0 aromatic heterocycles. The van der Waals surface area contributed by atoms with E-state index in [0.29, 0.717) is 131 Å². The topological polar surface area (TPSA) is 148 Å².